The SMILES string of the molecule is C=CC[C@H](C)C(=O)N(C)C. The molecule has 1 amide bonds. The molecule has 0 saturated carbocycles. The van der Waals surface area contributed by atoms with Gasteiger partial charge in [-0.1, -0.05) is 13.0 Å². The third-order valence-electron chi connectivity index (χ3n) is 1.38. The van der Waals surface area contributed by atoms with Gasteiger partial charge in [0.25, 0.3) is 0 Å². The van der Waals surface area contributed by atoms with Crippen molar-refractivity contribution in [3.8, 4) is 0 Å². The molecule has 0 bridgehead atoms. The molecule has 0 aromatic heterocycles. The average Bonchev–Trinajstić information content (AvgIpc) is 1.87. The Labute approximate surface area is 62.5 Å². The summed E-state index contributed by atoms with van der Waals surface area (Å²) in [6, 6.07) is 0. The van der Waals surface area contributed by atoms with Crippen LogP contribution in [0, 0.1) is 5.92 Å². The number of allylic oxidation sites excluding steroid dienone is 1. The van der Waals surface area contributed by atoms with Crippen molar-refractivity contribution in [2.75, 3.05) is 14.1 Å². The van der Waals surface area contributed by atoms with Gasteiger partial charge < -0.3 is 4.90 Å². The van der Waals surface area contributed by atoms with E-state index in [1.165, 1.54) is 0 Å². The lowest BCUT2D eigenvalue weighted by Crippen LogP contribution is -2.27. The maximum absolute atomic E-state index is 11.1. The molecular weight excluding hydrogens is 126 g/mol. The number of carbonyl (C=O) groups excluding carboxylic acids is 1. The van der Waals surface area contributed by atoms with Crippen molar-refractivity contribution >= 4 is 5.91 Å². The summed E-state index contributed by atoms with van der Waals surface area (Å²) in [5.74, 6) is 0.243. The lowest BCUT2D eigenvalue weighted by Gasteiger charge is -2.14. The van der Waals surface area contributed by atoms with E-state index in [0.717, 1.165) is 6.42 Å². The van der Waals surface area contributed by atoms with Crippen molar-refractivity contribution in [3.63, 3.8) is 0 Å². The third kappa shape index (κ3) is 2.67. The van der Waals surface area contributed by atoms with Crippen LogP contribution in [0.25, 0.3) is 0 Å². The minimum atomic E-state index is 0.0764. The molecule has 0 aliphatic heterocycles. The Balaban J connectivity index is 3.81. The zero-order valence-electron chi connectivity index (χ0n) is 6.92. The molecule has 1 atom stereocenters. The number of carbonyl (C=O) groups is 1. The molecule has 0 heterocycles. The van der Waals surface area contributed by atoms with Crippen LogP contribution in [0.2, 0.25) is 0 Å². The van der Waals surface area contributed by atoms with Gasteiger partial charge in [0.15, 0.2) is 0 Å². The number of nitrogens with zero attached hydrogens (tertiary/aromatic N) is 1. The van der Waals surface area contributed by atoms with Gasteiger partial charge in [0.2, 0.25) is 5.91 Å². The van der Waals surface area contributed by atoms with E-state index >= 15 is 0 Å². The second kappa shape index (κ2) is 4.09. The second-order valence-electron chi connectivity index (χ2n) is 2.66. The quantitative estimate of drug-likeness (QED) is 0.542. The predicted octanol–water partition coefficient (Wildman–Crippen LogP) is 1.29. The first-order valence-corrected chi connectivity index (χ1v) is 3.41. The summed E-state index contributed by atoms with van der Waals surface area (Å²) < 4.78 is 0. The molecule has 0 N–H and O–H groups in total. The van der Waals surface area contributed by atoms with Crippen molar-refractivity contribution in [1.82, 2.24) is 4.90 Å². The van der Waals surface area contributed by atoms with Gasteiger partial charge in [-0.3, -0.25) is 4.79 Å². The summed E-state index contributed by atoms with van der Waals surface area (Å²) in [6.45, 7) is 5.48. The highest BCUT2D eigenvalue weighted by Crippen LogP contribution is 2.04. The minimum Gasteiger partial charge on any atom is -0.349 e. The average molecular weight is 141 g/mol. The maximum Gasteiger partial charge on any atom is 0.225 e. The molecule has 0 aromatic carbocycles. The lowest BCUT2D eigenvalue weighted by molar-refractivity contribution is -0.132. The largest absolute Gasteiger partial charge is 0.349 e. The van der Waals surface area contributed by atoms with Crippen LogP contribution in [0.4, 0.5) is 0 Å². The van der Waals surface area contributed by atoms with Gasteiger partial charge in [0.1, 0.15) is 0 Å². The van der Waals surface area contributed by atoms with E-state index in [9.17, 15) is 4.79 Å². The number of hydrogen-bond donors (Lipinski definition) is 0. The fourth-order valence-corrected chi connectivity index (χ4v) is 0.792. The van der Waals surface area contributed by atoms with Crippen LogP contribution >= 0.6 is 0 Å². The Morgan fingerprint density at radius 2 is 2.20 bits per heavy atom. The lowest BCUT2D eigenvalue weighted by atomic mass is 10.1. The number of amides is 1. The fraction of sp³-hybridized carbons (Fsp3) is 0.625. The molecule has 2 heteroatoms. The normalized spacial score (nSPS) is 12.3. The Kier molecular flexibility index (Phi) is 3.77. The van der Waals surface area contributed by atoms with Gasteiger partial charge in [-0.25, -0.2) is 0 Å². The molecule has 0 aliphatic rings. The molecule has 2 nitrogen and oxygen atoms in total. The van der Waals surface area contributed by atoms with E-state index < -0.39 is 0 Å². The standard InChI is InChI=1S/C8H15NO/c1-5-6-7(2)8(10)9(3)4/h5,7H,1,6H2,2-4H3/t7-/m0/s1. The van der Waals surface area contributed by atoms with E-state index in [2.05, 4.69) is 6.58 Å². The zero-order valence-corrected chi connectivity index (χ0v) is 6.92. The first-order valence-electron chi connectivity index (χ1n) is 3.41. The van der Waals surface area contributed by atoms with Crippen LogP contribution in [-0.2, 0) is 4.79 Å². The van der Waals surface area contributed by atoms with Crippen LogP contribution in [-0.4, -0.2) is 24.9 Å². The molecule has 0 radical (unpaired) electrons. The van der Waals surface area contributed by atoms with Crippen molar-refractivity contribution in [1.29, 1.82) is 0 Å². The van der Waals surface area contributed by atoms with Crippen LogP contribution in [0.15, 0.2) is 12.7 Å². The highest BCUT2D eigenvalue weighted by Gasteiger charge is 2.11. The van der Waals surface area contributed by atoms with Crippen LogP contribution < -0.4 is 0 Å². The van der Waals surface area contributed by atoms with Crippen LogP contribution in [0.3, 0.4) is 0 Å². The molecule has 0 rings (SSSR count). The van der Waals surface area contributed by atoms with Gasteiger partial charge in [0.05, 0.1) is 0 Å². The van der Waals surface area contributed by atoms with Gasteiger partial charge in [-0.2, -0.15) is 0 Å². The summed E-state index contributed by atoms with van der Waals surface area (Å²) in [4.78, 5) is 12.7. The summed E-state index contributed by atoms with van der Waals surface area (Å²) in [5.41, 5.74) is 0. The van der Waals surface area contributed by atoms with E-state index in [0.29, 0.717) is 0 Å². The summed E-state index contributed by atoms with van der Waals surface area (Å²) in [6.07, 6.45) is 2.53. The molecule has 0 aromatic rings. The van der Waals surface area contributed by atoms with Crippen LogP contribution in [0.1, 0.15) is 13.3 Å². The molecule has 58 valence electrons. The van der Waals surface area contributed by atoms with E-state index in [4.69, 9.17) is 0 Å². The summed E-state index contributed by atoms with van der Waals surface area (Å²) in [7, 11) is 3.53. The minimum absolute atomic E-state index is 0.0764. The maximum atomic E-state index is 11.1. The van der Waals surface area contributed by atoms with Gasteiger partial charge >= 0.3 is 0 Å². The van der Waals surface area contributed by atoms with Crippen molar-refractivity contribution in [2.45, 2.75) is 13.3 Å². The molecule has 0 spiro atoms. The third-order valence-corrected chi connectivity index (χ3v) is 1.38. The monoisotopic (exact) mass is 141 g/mol. The van der Waals surface area contributed by atoms with Gasteiger partial charge in [0, 0.05) is 20.0 Å². The molecule has 0 fully saturated rings. The summed E-state index contributed by atoms with van der Waals surface area (Å²) in [5, 5.41) is 0. The van der Waals surface area contributed by atoms with Crippen LogP contribution in [0.5, 0.6) is 0 Å². The van der Waals surface area contributed by atoms with Crippen molar-refractivity contribution < 1.29 is 4.79 Å². The summed E-state index contributed by atoms with van der Waals surface area (Å²) >= 11 is 0. The fourth-order valence-electron chi connectivity index (χ4n) is 0.792. The molecular formula is C8H15NO. The van der Waals surface area contributed by atoms with Gasteiger partial charge in [-0.15, -0.1) is 6.58 Å². The van der Waals surface area contributed by atoms with Gasteiger partial charge in [-0.05, 0) is 6.42 Å². The predicted molar refractivity (Wildman–Crippen MR) is 42.7 cm³/mol. The van der Waals surface area contributed by atoms with E-state index in [-0.39, 0.29) is 11.8 Å². The Morgan fingerprint density at radius 3 is 2.50 bits per heavy atom. The smallest absolute Gasteiger partial charge is 0.225 e. The van der Waals surface area contributed by atoms with Crippen molar-refractivity contribution in [3.05, 3.63) is 12.7 Å². The Morgan fingerprint density at radius 1 is 1.70 bits per heavy atom. The Bertz CT molecular complexity index is 129. The topological polar surface area (TPSA) is 20.3 Å². The zero-order chi connectivity index (χ0) is 8.15. The molecule has 0 aliphatic carbocycles. The number of hydrogen-bond acceptors (Lipinski definition) is 1. The highest BCUT2D eigenvalue weighted by atomic mass is 16.2. The first kappa shape index (κ1) is 9.21. The second-order valence-corrected chi connectivity index (χ2v) is 2.66. The molecule has 0 saturated heterocycles. The number of rotatable bonds is 3. The first-order chi connectivity index (χ1) is 4.59. The molecule has 0 unspecified atom stereocenters. The molecule has 10 heavy (non-hydrogen) atoms. The van der Waals surface area contributed by atoms with E-state index in [1.54, 1.807) is 25.1 Å². The Hall–Kier alpha value is -0.790. The van der Waals surface area contributed by atoms with Crippen molar-refractivity contribution in [2.24, 2.45) is 5.92 Å². The van der Waals surface area contributed by atoms with E-state index in [1.807, 2.05) is 6.92 Å². The highest BCUT2D eigenvalue weighted by molar-refractivity contribution is 5.77.